The molecule has 3 heterocycles. The lowest BCUT2D eigenvalue weighted by Gasteiger charge is -2.32. The fraction of sp³-hybridized carbons (Fsp3) is 0.357. The van der Waals surface area contributed by atoms with E-state index in [9.17, 15) is 14.7 Å². The summed E-state index contributed by atoms with van der Waals surface area (Å²) in [5, 5.41) is 13.7. The van der Waals surface area contributed by atoms with Gasteiger partial charge in [0.2, 0.25) is 0 Å². The molecule has 1 N–H and O–H groups in total. The number of amides is 1. The van der Waals surface area contributed by atoms with Gasteiger partial charge in [0.15, 0.2) is 0 Å². The van der Waals surface area contributed by atoms with Gasteiger partial charge in [0, 0.05) is 11.9 Å². The number of aromatic nitrogens is 1. The quantitative estimate of drug-likeness (QED) is 0.943. The third-order valence-electron chi connectivity index (χ3n) is 3.50. The van der Waals surface area contributed by atoms with Crippen LogP contribution in [0.25, 0.3) is 9.88 Å². The number of carbonyl (C=O) groups excluding carboxylic acids is 1. The van der Waals surface area contributed by atoms with Crippen LogP contribution in [0, 0.1) is 0 Å². The first-order chi connectivity index (χ1) is 10.2. The first kappa shape index (κ1) is 14.2. The average Bonchev–Trinajstić information content (AvgIpc) is 3.17. The summed E-state index contributed by atoms with van der Waals surface area (Å²) < 4.78 is 0. The van der Waals surface area contributed by atoms with Gasteiger partial charge in [-0.1, -0.05) is 6.07 Å². The molecule has 2 aromatic heterocycles. The molecule has 0 aromatic carbocycles. The maximum atomic E-state index is 12.5. The molecule has 1 atom stereocenters. The number of thiophene rings is 1. The number of carbonyl (C=O) groups is 2. The molecule has 1 fully saturated rings. The number of carboxylic acids is 1. The molecular weight excluding hydrogens is 308 g/mol. The van der Waals surface area contributed by atoms with E-state index in [2.05, 4.69) is 4.98 Å². The zero-order valence-electron chi connectivity index (χ0n) is 11.2. The zero-order valence-corrected chi connectivity index (χ0v) is 12.8. The average molecular weight is 322 g/mol. The second kappa shape index (κ2) is 5.95. The van der Waals surface area contributed by atoms with E-state index in [-0.39, 0.29) is 5.91 Å². The van der Waals surface area contributed by atoms with Gasteiger partial charge >= 0.3 is 5.97 Å². The zero-order chi connectivity index (χ0) is 14.8. The van der Waals surface area contributed by atoms with Crippen molar-refractivity contribution in [2.24, 2.45) is 0 Å². The van der Waals surface area contributed by atoms with E-state index in [0.29, 0.717) is 18.7 Å². The van der Waals surface area contributed by atoms with E-state index in [0.717, 1.165) is 22.7 Å². The van der Waals surface area contributed by atoms with Crippen molar-refractivity contribution in [3.8, 4) is 9.88 Å². The van der Waals surface area contributed by atoms with Crippen molar-refractivity contribution < 1.29 is 14.7 Å². The van der Waals surface area contributed by atoms with E-state index in [1.165, 1.54) is 16.2 Å². The van der Waals surface area contributed by atoms with E-state index in [4.69, 9.17) is 0 Å². The number of piperidine rings is 1. The van der Waals surface area contributed by atoms with Gasteiger partial charge in [-0.3, -0.25) is 4.79 Å². The van der Waals surface area contributed by atoms with Crippen LogP contribution in [0.4, 0.5) is 0 Å². The van der Waals surface area contributed by atoms with Crippen molar-refractivity contribution in [3.05, 3.63) is 28.6 Å². The first-order valence-corrected chi connectivity index (χ1v) is 8.46. The number of rotatable bonds is 3. The Morgan fingerprint density at radius 2 is 2.19 bits per heavy atom. The minimum Gasteiger partial charge on any atom is -0.480 e. The summed E-state index contributed by atoms with van der Waals surface area (Å²) >= 11 is 2.98. The maximum Gasteiger partial charge on any atom is 0.326 e. The number of likely N-dealkylation sites (tertiary alicyclic amines) is 1. The topological polar surface area (TPSA) is 70.5 Å². The molecule has 3 rings (SSSR count). The molecule has 1 unspecified atom stereocenters. The molecule has 0 spiro atoms. The minimum atomic E-state index is -0.934. The van der Waals surface area contributed by atoms with Gasteiger partial charge in [0.25, 0.3) is 5.91 Å². The lowest BCUT2D eigenvalue weighted by molar-refractivity contribution is -0.143. The normalized spacial score (nSPS) is 18.7. The summed E-state index contributed by atoms with van der Waals surface area (Å²) in [5.41, 5.74) is 0.344. The monoisotopic (exact) mass is 322 g/mol. The van der Waals surface area contributed by atoms with E-state index in [1.807, 2.05) is 17.5 Å². The molecule has 7 heteroatoms. The molecule has 0 bridgehead atoms. The third kappa shape index (κ3) is 2.84. The van der Waals surface area contributed by atoms with Crippen LogP contribution in [0.3, 0.4) is 0 Å². The SMILES string of the molecule is O=C(O)C1CCCCN1C(=O)c1csc(-c2cccs2)n1. The van der Waals surface area contributed by atoms with Crippen molar-refractivity contribution >= 4 is 34.6 Å². The molecule has 5 nitrogen and oxygen atoms in total. The Labute approximate surface area is 129 Å². The fourth-order valence-corrected chi connectivity index (χ4v) is 4.07. The molecule has 1 saturated heterocycles. The Kier molecular flexibility index (Phi) is 4.03. The van der Waals surface area contributed by atoms with Crippen molar-refractivity contribution in [2.45, 2.75) is 25.3 Å². The molecule has 0 radical (unpaired) electrons. The lowest BCUT2D eigenvalue weighted by atomic mass is 10.0. The van der Waals surface area contributed by atoms with Gasteiger partial charge in [-0.2, -0.15) is 0 Å². The molecule has 2 aromatic rings. The molecule has 1 aliphatic rings. The summed E-state index contributed by atoms with van der Waals surface area (Å²) in [4.78, 5) is 30.6. The third-order valence-corrected chi connectivity index (χ3v) is 5.39. The van der Waals surface area contributed by atoms with Gasteiger partial charge in [0.1, 0.15) is 16.7 Å². The Morgan fingerprint density at radius 3 is 2.90 bits per heavy atom. The van der Waals surface area contributed by atoms with E-state index in [1.54, 1.807) is 16.7 Å². The van der Waals surface area contributed by atoms with Crippen LogP contribution in [0.5, 0.6) is 0 Å². The molecule has 1 aliphatic heterocycles. The molecule has 1 amide bonds. The van der Waals surface area contributed by atoms with Gasteiger partial charge < -0.3 is 10.0 Å². The summed E-state index contributed by atoms with van der Waals surface area (Å²) in [7, 11) is 0. The summed E-state index contributed by atoms with van der Waals surface area (Å²) in [6.45, 7) is 0.488. The number of aliphatic carboxylic acids is 1. The van der Waals surface area contributed by atoms with E-state index >= 15 is 0 Å². The van der Waals surface area contributed by atoms with Crippen LogP contribution >= 0.6 is 22.7 Å². The molecule has 0 aliphatic carbocycles. The summed E-state index contributed by atoms with van der Waals surface area (Å²) in [6.07, 6.45) is 2.21. The number of nitrogens with zero attached hydrogens (tertiary/aromatic N) is 2. The summed E-state index contributed by atoms with van der Waals surface area (Å²) in [5.74, 6) is -1.21. The molecule has 110 valence electrons. The van der Waals surface area contributed by atoms with Crippen LogP contribution in [0.1, 0.15) is 29.8 Å². The van der Waals surface area contributed by atoms with Crippen molar-refractivity contribution in [1.29, 1.82) is 0 Å². The Morgan fingerprint density at radius 1 is 1.33 bits per heavy atom. The van der Waals surface area contributed by atoms with Gasteiger partial charge in [-0.25, -0.2) is 9.78 Å². The van der Waals surface area contributed by atoms with Crippen molar-refractivity contribution in [1.82, 2.24) is 9.88 Å². The predicted molar refractivity (Wildman–Crippen MR) is 81.7 cm³/mol. The highest BCUT2D eigenvalue weighted by Gasteiger charge is 2.33. The molecular formula is C14H14N2O3S2. The van der Waals surface area contributed by atoms with Crippen molar-refractivity contribution in [3.63, 3.8) is 0 Å². The Bertz CT molecular complexity index is 651. The second-order valence-corrected chi connectivity index (χ2v) is 6.67. The number of carboxylic acid groups (broad SMARTS) is 1. The van der Waals surface area contributed by atoms with Crippen molar-refractivity contribution in [2.75, 3.05) is 6.54 Å². The van der Waals surface area contributed by atoms with Gasteiger partial charge in [-0.05, 0) is 30.7 Å². The lowest BCUT2D eigenvalue weighted by Crippen LogP contribution is -2.48. The highest BCUT2D eigenvalue weighted by molar-refractivity contribution is 7.20. The fourth-order valence-electron chi connectivity index (χ4n) is 2.46. The smallest absolute Gasteiger partial charge is 0.326 e. The number of hydrogen-bond acceptors (Lipinski definition) is 5. The number of thiazole rings is 1. The Balaban J connectivity index is 1.83. The maximum absolute atomic E-state index is 12.5. The molecule has 21 heavy (non-hydrogen) atoms. The van der Waals surface area contributed by atoms with Crippen LogP contribution in [-0.4, -0.2) is 39.5 Å². The largest absolute Gasteiger partial charge is 0.480 e. The summed E-state index contributed by atoms with van der Waals surface area (Å²) in [6, 6.07) is 3.17. The Hall–Kier alpha value is -1.73. The number of hydrogen-bond donors (Lipinski definition) is 1. The van der Waals surface area contributed by atoms with Gasteiger partial charge in [0.05, 0.1) is 4.88 Å². The van der Waals surface area contributed by atoms with Crippen LogP contribution in [-0.2, 0) is 4.79 Å². The van der Waals surface area contributed by atoms with Crippen LogP contribution in [0.15, 0.2) is 22.9 Å². The van der Waals surface area contributed by atoms with E-state index < -0.39 is 12.0 Å². The van der Waals surface area contributed by atoms with Crippen LogP contribution < -0.4 is 0 Å². The minimum absolute atomic E-state index is 0.277. The first-order valence-electron chi connectivity index (χ1n) is 6.70. The highest BCUT2D eigenvalue weighted by Crippen LogP contribution is 2.29. The molecule has 0 saturated carbocycles. The van der Waals surface area contributed by atoms with Crippen LogP contribution in [0.2, 0.25) is 0 Å². The predicted octanol–water partition coefficient (Wildman–Crippen LogP) is 2.95. The second-order valence-electron chi connectivity index (χ2n) is 4.86. The van der Waals surface area contributed by atoms with Gasteiger partial charge in [-0.15, -0.1) is 22.7 Å². The highest BCUT2D eigenvalue weighted by atomic mass is 32.1. The standard InChI is InChI=1S/C14H14N2O3S2/c17-13(16-6-2-1-4-10(16)14(18)19)9-8-21-12(15-9)11-5-3-7-20-11/h3,5,7-8,10H,1-2,4,6H2,(H,18,19).